The van der Waals surface area contributed by atoms with E-state index in [0.29, 0.717) is 24.6 Å². The maximum atomic E-state index is 9.35. The monoisotopic (exact) mass is 426 g/mol. The smallest absolute Gasteiger partial charge is 0.119 e. The van der Waals surface area contributed by atoms with E-state index < -0.39 is 0 Å². The summed E-state index contributed by atoms with van der Waals surface area (Å²) in [5.41, 5.74) is 3.25. The number of unbranched alkanes of at least 4 members (excludes halogenated alkanes) is 4. The summed E-state index contributed by atoms with van der Waals surface area (Å²) in [4.78, 5) is 0. The van der Waals surface area contributed by atoms with Gasteiger partial charge in [-0.3, -0.25) is 0 Å². The van der Waals surface area contributed by atoms with E-state index in [4.69, 9.17) is 9.47 Å². The molecule has 31 heavy (non-hydrogen) atoms. The van der Waals surface area contributed by atoms with Crippen molar-refractivity contribution in [2.45, 2.75) is 58.8 Å². The Labute approximate surface area is 185 Å². The number of benzene rings is 2. The molecular weight excluding hydrogens is 392 g/mol. The van der Waals surface area contributed by atoms with Crippen molar-refractivity contribution in [2.75, 3.05) is 13.2 Å². The van der Waals surface area contributed by atoms with E-state index in [2.05, 4.69) is 10.3 Å². The third kappa shape index (κ3) is 8.32. The van der Waals surface area contributed by atoms with Gasteiger partial charge in [-0.1, -0.05) is 29.6 Å². The van der Waals surface area contributed by atoms with Crippen LogP contribution in [0.3, 0.4) is 0 Å². The first kappa shape index (κ1) is 24.3. The van der Waals surface area contributed by atoms with Gasteiger partial charge in [0.15, 0.2) is 0 Å². The molecule has 2 aromatic rings. The fraction of sp³-hybridized carbons (Fsp3) is 0.440. The van der Waals surface area contributed by atoms with E-state index >= 15 is 0 Å². The van der Waals surface area contributed by atoms with E-state index in [9.17, 15) is 10.4 Å². The summed E-state index contributed by atoms with van der Waals surface area (Å²) >= 11 is 0. The Kier molecular flexibility index (Phi) is 11.0. The first-order chi connectivity index (χ1) is 15.2. The van der Waals surface area contributed by atoms with Crippen molar-refractivity contribution in [1.29, 1.82) is 0 Å². The van der Waals surface area contributed by atoms with Crippen LogP contribution in [0.15, 0.2) is 58.8 Å². The Morgan fingerprint density at radius 3 is 1.29 bits per heavy atom. The highest BCUT2D eigenvalue weighted by Gasteiger charge is 2.07. The first-order valence-corrected chi connectivity index (χ1v) is 11.1. The maximum absolute atomic E-state index is 9.35. The topological polar surface area (TPSA) is 83.6 Å². The lowest BCUT2D eigenvalue weighted by Gasteiger charge is -2.08. The lowest BCUT2D eigenvalue weighted by Crippen LogP contribution is -2.02. The minimum atomic E-state index is 0.631. The van der Waals surface area contributed by atoms with Crippen molar-refractivity contribution in [3.63, 3.8) is 0 Å². The molecule has 6 nitrogen and oxygen atoms in total. The molecule has 2 rings (SSSR count). The molecule has 0 spiro atoms. The van der Waals surface area contributed by atoms with Gasteiger partial charge in [0.2, 0.25) is 0 Å². The van der Waals surface area contributed by atoms with Gasteiger partial charge in [-0.2, -0.15) is 0 Å². The van der Waals surface area contributed by atoms with Gasteiger partial charge >= 0.3 is 0 Å². The molecule has 0 saturated carbocycles. The third-order valence-corrected chi connectivity index (χ3v) is 5.07. The van der Waals surface area contributed by atoms with Gasteiger partial charge in [0.05, 0.1) is 24.6 Å². The Bertz CT molecular complexity index is 745. The zero-order valence-corrected chi connectivity index (χ0v) is 18.6. The molecule has 0 unspecified atom stereocenters. The van der Waals surface area contributed by atoms with E-state index in [0.717, 1.165) is 67.6 Å². The zero-order chi connectivity index (χ0) is 22.3. The van der Waals surface area contributed by atoms with Gasteiger partial charge in [-0.25, -0.2) is 0 Å². The number of oxime groups is 2. The fourth-order valence-corrected chi connectivity index (χ4v) is 3.44. The Morgan fingerprint density at radius 1 is 0.613 bits per heavy atom. The number of ether oxygens (including phenoxy) is 2. The predicted octanol–water partition coefficient (Wildman–Crippen LogP) is 6.27. The highest BCUT2D eigenvalue weighted by atomic mass is 16.5. The van der Waals surface area contributed by atoms with Gasteiger partial charge in [-0.15, -0.1) is 0 Å². The van der Waals surface area contributed by atoms with Crippen molar-refractivity contribution >= 4 is 11.4 Å². The molecule has 0 saturated heterocycles. The van der Waals surface area contributed by atoms with Crippen molar-refractivity contribution in [3.8, 4) is 11.5 Å². The van der Waals surface area contributed by atoms with Crippen molar-refractivity contribution in [1.82, 2.24) is 0 Å². The van der Waals surface area contributed by atoms with E-state index in [-0.39, 0.29) is 0 Å². The summed E-state index contributed by atoms with van der Waals surface area (Å²) < 4.78 is 10.9. The van der Waals surface area contributed by atoms with Crippen LogP contribution in [-0.2, 0) is 0 Å². The quantitative estimate of drug-likeness (QED) is 0.161. The minimum Gasteiger partial charge on any atom is -0.494 e. The lowest BCUT2D eigenvalue weighted by molar-refractivity contribution is 0.317. The van der Waals surface area contributed by atoms with Gasteiger partial charge in [0.25, 0.3) is 0 Å². The predicted molar refractivity (Wildman–Crippen MR) is 124 cm³/mol. The van der Waals surface area contributed by atoms with Crippen molar-refractivity contribution in [2.24, 2.45) is 10.3 Å². The van der Waals surface area contributed by atoms with Crippen LogP contribution in [0.25, 0.3) is 0 Å². The number of hydrogen-bond acceptors (Lipinski definition) is 6. The molecule has 0 fully saturated rings. The van der Waals surface area contributed by atoms with Crippen molar-refractivity contribution in [3.05, 3.63) is 59.7 Å². The highest BCUT2D eigenvalue weighted by molar-refractivity contribution is 6.00. The number of nitrogens with zero attached hydrogens (tertiary/aromatic N) is 2. The summed E-state index contributed by atoms with van der Waals surface area (Å²) in [6, 6.07) is 15.3. The van der Waals surface area contributed by atoms with Crippen LogP contribution < -0.4 is 9.47 Å². The van der Waals surface area contributed by atoms with Gasteiger partial charge < -0.3 is 19.9 Å². The van der Waals surface area contributed by atoms with Crippen LogP contribution >= 0.6 is 0 Å². The molecule has 2 N–H and O–H groups in total. The van der Waals surface area contributed by atoms with Gasteiger partial charge in [0.1, 0.15) is 11.5 Å². The molecule has 2 aromatic carbocycles. The molecule has 0 bridgehead atoms. The molecular formula is C25H34N2O4. The summed E-state index contributed by atoms with van der Waals surface area (Å²) in [6.45, 7) is 5.16. The Balaban J connectivity index is 1.66. The van der Waals surface area contributed by atoms with Gasteiger partial charge in [-0.05, 0) is 99.2 Å². The molecule has 0 atom stereocenters. The second-order valence-corrected chi connectivity index (χ2v) is 7.28. The Hall–Kier alpha value is -3.02. The van der Waals surface area contributed by atoms with E-state index in [1.54, 1.807) is 0 Å². The summed E-state index contributed by atoms with van der Waals surface area (Å²) in [6.07, 6.45) is 6.61. The highest BCUT2D eigenvalue weighted by Crippen LogP contribution is 2.18. The Morgan fingerprint density at radius 2 is 0.968 bits per heavy atom. The molecule has 0 aromatic heterocycles. The average Bonchev–Trinajstić information content (AvgIpc) is 2.80. The number of hydrogen-bond donors (Lipinski definition) is 2. The van der Waals surface area contributed by atoms with Crippen LogP contribution in [0.5, 0.6) is 11.5 Å². The molecule has 0 aliphatic carbocycles. The van der Waals surface area contributed by atoms with Crippen LogP contribution in [0.2, 0.25) is 0 Å². The second kappa shape index (κ2) is 14.1. The normalized spacial score (nSPS) is 12.1. The van der Waals surface area contributed by atoms with Crippen LogP contribution in [0.4, 0.5) is 0 Å². The maximum Gasteiger partial charge on any atom is 0.119 e. The van der Waals surface area contributed by atoms with Crippen molar-refractivity contribution < 1.29 is 19.9 Å². The summed E-state index contributed by atoms with van der Waals surface area (Å²) in [7, 11) is 0. The van der Waals surface area contributed by atoms with Crippen LogP contribution in [0.1, 0.15) is 69.9 Å². The SMILES string of the molecule is CCOc1ccc(/C(CCCCCCC/C(=N\O)c2ccc(OCC)cc2)=N/O)cc1. The standard InChI is InChI=1S/C25H34N2O4/c1-3-30-22-16-12-20(13-17-22)24(26-28)10-8-6-5-7-9-11-25(27-29)21-14-18-23(19-15-21)31-4-2/h12-19,28-29H,3-11H2,1-2H3/b26-24+,27-25+. The molecule has 0 amide bonds. The largest absolute Gasteiger partial charge is 0.494 e. The third-order valence-electron chi connectivity index (χ3n) is 5.07. The molecule has 168 valence electrons. The zero-order valence-electron chi connectivity index (χ0n) is 18.6. The van der Waals surface area contributed by atoms with Crippen LogP contribution in [-0.4, -0.2) is 35.1 Å². The van der Waals surface area contributed by atoms with Crippen LogP contribution in [0, 0.1) is 0 Å². The molecule has 0 aliphatic rings. The molecule has 0 radical (unpaired) electrons. The first-order valence-electron chi connectivity index (χ1n) is 11.1. The molecule has 6 heteroatoms. The minimum absolute atomic E-state index is 0.631. The van der Waals surface area contributed by atoms with E-state index in [1.165, 1.54) is 0 Å². The average molecular weight is 427 g/mol. The van der Waals surface area contributed by atoms with E-state index in [1.807, 2.05) is 62.4 Å². The summed E-state index contributed by atoms with van der Waals surface area (Å²) in [5, 5.41) is 25.7. The lowest BCUT2D eigenvalue weighted by atomic mass is 10.0. The fourth-order valence-electron chi connectivity index (χ4n) is 3.44. The number of rotatable bonds is 14. The second-order valence-electron chi connectivity index (χ2n) is 7.28. The summed E-state index contributed by atoms with van der Waals surface area (Å²) in [5.74, 6) is 1.64. The molecule has 0 aliphatic heterocycles. The van der Waals surface area contributed by atoms with Gasteiger partial charge in [0, 0.05) is 0 Å². The molecule has 0 heterocycles.